The first kappa shape index (κ1) is 18.0. The molecule has 142 valence electrons. The molecule has 6 heteroatoms. The van der Waals surface area contributed by atoms with Gasteiger partial charge in [0, 0.05) is 26.7 Å². The Labute approximate surface area is 177 Å². The Morgan fingerprint density at radius 1 is 0.897 bits per heavy atom. The second-order valence-electron chi connectivity index (χ2n) is 6.80. The number of halogens is 2. The molecule has 1 aliphatic heterocycles. The molecule has 0 aliphatic carbocycles. The van der Waals surface area contributed by atoms with Crippen molar-refractivity contribution in [2.45, 2.75) is 6.17 Å². The average Bonchev–Trinajstić information content (AvgIpc) is 2.73. The maximum absolute atomic E-state index is 13.6. The normalized spacial score (nSPS) is 15.9. The SMILES string of the molecule is O=C1c2cc3ccccc3nc2N[C@H](c2ccc(Cl)cc2Cl)N1c1ccccc1. The molecule has 29 heavy (non-hydrogen) atoms. The molecule has 1 N–H and O–H groups in total. The molecule has 0 unspecified atom stereocenters. The Morgan fingerprint density at radius 2 is 1.66 bits per heavy atom. The zero-order valence-corrected chi connectivity index (χ0v) is 16.7. The molecule has 1 atom stereocenters. The van der Waals surface area contributed by atoms with Gasteiger partial charge in [0.15, 0.2) is 0 Å². The minimum Gasteiger partial charge on any atom is -0.345 e. The molecule has 0 saturated carbocycles. The zero-order chi connectivity index (χ0) is 20.0. The third-order valence-corrected chi connectivity index (χ3v) is 5.56. The van der Waals surface area contributed by atoms with Crippen molar-refractivity contribution in [2.75, 3.05) is 10.2 Å². The highest BCUT2D eigenvalue weighted by Gasteiger charge is 2.36. The second-order valence-corrected chi connectivity index (χ2v) is 7.64. The summed E-state index contributed by atoms with van der Waals surface area (Å²) in [5, 5.41) is 5.34. The number of nitrogens with zero attached hydrogens (tertiary/aromatic N) is 2. The molecule has 0 bridgehead atoms. The maximum atomic E-state index is 13.6. The number of fused-ring (bicyclic) bond motifs is 2. The maximum Gasteiger partial charge on any atom is 0.264 e. The number of hydrogen-bond donors (Lipinski definition) is 1. The monoisotopic (exact) mass is 419 g/mol. The molecule has 1 aromatic heterocycles. The van der Waals surface area contributed by atoms with E-state index in [1.807, 2.05) is 66.7 Å². The summed E-state index contributed by atoms with van der Waals surface area (Å²) in [6.45, 7) is 0. The van der Waals surface area contributed by atoms with E-state index in [9.17, 15) is 4.79 Å². The van der Waals surface area contributed by atoms with Gasteiger partial charge in [-0.1, -0.05) is 65.7 Å². The first-order valence-electron chi connectivity index (χ1n) is 9.12. The van der Waals surface area contributed by atoms with Crippen molar-refractivity contribution in [3.63, 3.8) is 0 Å². The number of benzene rings is 3. The van der Waals surface area contributed by atoms with Gasteiger partial charge in [0.05, 0.1) is 11.1 Å². The van der Waals surface area contributed by atoms with Crippen LogP contribution in [0.1, 0.15) is 22.1 Å². The van der Waals surface area contributed by atoms with Crippen LogP contribution in [-0.4, -0.2) is 10.9 Å². The van der Waals surface area contributed by atoms with Gasteiger partial charge in [-0.15, -0.1) is 0 Å². The predicted octanol–water partition coefficient (Wildman–Crippen LogP) is 6.31. The van der Waals surface area contributed by atoms with Crippen molar-refractivity contribution in [1.82, 2.24) is 4.98 Å². The molecule has 1 amide bonds. The van der Waals surface area contributed by atoms with Crippen LogP contribution < -0.4 is 10.2 Å². The van der Waals surface area contributed by atoms with E-state index < -0.39 is 6.17 Å². The fourth-order valence-electron chi connectivity index (χ4n) is 3.63. The van der Waals surface area contributed by atoms with E-state index in [1.165, 1.54) is 0 Å². The molecule has 2 heterocycles. The van der Waals surface area contributed by atoms with Crippen LogP contribution in [0, 0.1) is 0 Å². The number of para-hydroxylation sites is 2. The molecule has 5 rings (SSSR count). The molecule has 4 aromatic rings. The lowest BCUT2D eigenvalue weighted by atomic mass is 10.0. The number of anilines is 2. The van der Waals surface area contributed by atoms with Crippen LogP contribution in [0.25, 0.3) is 10.9 Å². The van der Waals surface area contributed by atoms with Gasteiger partial charge < -0.3 is 5.32 Å². The summed E-state index contributed by atoms with van der Waals surface area (Å²) in [6.07, 6.45) is -0.518. The molecule has 0 saturated heterocycles. The molecule has 0 fully saturated rings. The van der Waals surface area contributed by atoms with Crippen LogP contribution >= 0.6 is 23.2 Å². The molecular weight excluding hydrogens is 405 g/mol. The van der Waals surface area contributed by atoms with E-state index in [1.54, 1.807) is 17.0 Å². The summed E-state index contributed by atoms with van der Waals surface area (Å²) >= 11 is 12.6. The number of nitrogens with one attached hydrogen (secondary N) is 1. The van der Waals surface area contributed by atoms with Crippen molar-refractivity contribution in [3.05, 3.63) is 100 Å². The van der Waals surface area contributed by atoms with E-state index in [0.29, 0.717) is 21.4 Å². The van der Waals surface area contributed by atoms with Gasteiger partial charge in [-0.05, 0) is 36.4 Å². The van der Waals surface area contributed by atoms with Crippen LogP contribution in [0.2, 0.25) is 10.0 Å². The molecule has 4 nitrogen and oxygen atoms in total. The van der Waals surface area contributed by atoms with Gasteiger partial charge in [0.1, 0.15) is 12.0 Å². The van der Waals surface area contributed by atoms with E-state index in [0.717, 1.165) is 22.2 Å². The smallest absolute Gasteiger partial charge is 0.264 e. The second kappa shape index (κ2) is 7.07. The summed E-state index contributed by atoms with van der Waals surface area (Å²) in [5.74, 6) is 0.399. The molecule has 0 spiro atoms. The molecular formula is C23H15Cl2N3O. The largest absolute Gasteiger partial charge is 0.345 e. The van der Waals surface area contributed by atoms with Gasteiger partial charge in [-0.25, -0.2) is 4.98 Å². The van der Waals surface area contributed by atoms with Crippen LogP contribution in [0.4, 0.5) is 11.5 Å². The number of carbonyl (C=O) groups excluding carboxylic acids is 1. The minimum atomic E-state index is -0.518. The Bertz CT molecular complexity index is 1240. The number of amides is 1. The number of rotatable bonds is 2. The van der Waals surface area contributed by atoms with Gasteiger partial charge >= 0.3 is 0 Å². The quantitative estimate of drug-likeness (QED) is 0.413. The Morgan fingerprint density at radius 3 is 2.45 bits per heavy atom. The van der Waals surface area contributed by atoms with Crippen molar-refractivity contribution >= 4 is 51.5 Å². The summed E-state index contributed by atoms with van der Waals surface area (Å²) in [7, 11) is 0. The van der Waals surface area contributed by atoms with E-state index >= 15 is 0 Å². The summed E-state index contributed by atoms with van der Waals surface area (Å²) in [4.78, 5) is 20.0. The number of pyridine rings is 1. The van der Waals surface area contributed by atoms with Crippen LogP contribution in [0.15, 0.2) is 78.9 Å². The fourth-order valence-corrected chi connectivity index (χ4v) is 4.14. The lowest BCUT2D eigenvalue weighted by molar-refractivity contribution is 0.0974. The lowest BCUT2D eigenvalue weighted by Gasteiger charge is -2.38. The zero-order valence-electron chi connectivity index (χ0n) is 15.1. The van der Waals surface area contributed by atoms with Crippen LogP contribution in [0.3, 0.4) is 0 Å². The van der Waals surface area contributed by atoms with Crippen molar-refractivity contribution in [3.8, 4) is 0 Å². The minimum absolute atomic E-state index is 0.140. The topological polar surface area (TPSA) is 45.2 Å². The van der Waals surface area contributed by atoms with Crippen LogP contribution in [-0.2, 0) is 0 Å². The van der Waals surface area contributed by atoms with Gasteiger partial charge in [-0.3, -0.25) is 9.69 Å². The van der Waals surface area contributed by atoms with Crippen LogP contribution in [0.5, 0.6) is 0 Å². The van der Waals surface area contributed by atoms with Crippen molar-refractivity contribution in [1.29, 1.82) is 0 Å². The lowest BCUT2D eigenvalue weighted by Crippen LogP contribution is -2.43. The van der Waals surface area contributed by atoms with Gasteiger partial charge in [-0.2, -0.15) is 0 Å². The highest BCUT2D eigenvalue weighted by Crippen LogP contribution is 2.39. The Kier molecular flexibility index (Phi) is 4.38. The highest BCUT2D eigenvalue weighted by molar-refractivity contribution is 6.35. The number of carbonyl (C=O) groups is 1. The predicted molar refractivity (Wildman–Crippen MR) is 118 cm³/mol. The molecule has 3 aromatic carbocycles. The molecule has 1 aliphatic rings. The number of aromatic nitrogens is 1. The Hall–Kier alpha value is -3.08. The van der Waals surface area contributed by atoms with Crippen molar-refractivity contribution < 1.29 is 4.79 Å². The number of hydrogen-bond acceptors (Lipinski definition) is 3. The van der Waals surface area contributed by atoms with E-state index in [2.05, 4.69) is 10.3 Å². The third kappa shape index (κ3) is 3.11. The Balaban J connectivity index is 1.72. The van der Waals surface area contributed by atoms with Crippen molar-refractivity contribution in [2.24, 2.45) is 0 Å². The first-order chi connectivity index (χ1) is 14.1. The third-order valence-electron chi connectivity index (χ3n) is 5.00. The van der Waals surface area contributed by atoms with Gasteiger partial charge in [0.25, 0.3) is 5.91 Å². The highest BCUT2D eigenvalue weighted by atomic mass is 35.5. The first-order valence-corrected chi connectivity index (χ1v) is 9.87. The van der Waals surface area contributed by atoms with E-state index in [-0.39, 0.29) is 5.91 Å². The summed E-state index contributed by atoms with van der Waals surface area (Å²) < 4.78 is 0. The molecule has 0 radical (unpaired) electrons. The van der Waals surface area contributed by atoms with E-state index in [4.69, 9.17) is 23.2 Å². The summed E-state index contributed by atoms with van der Waals surface area (Å²) in [5.41, 5.74) is 2.85. The summed E-state index contributed by atoms with van der Waals surface area (Å²) in [6, 6.07) is 24.4. The van der Waals surface area contributed by atoms with Gasteiger partial charge in [0.2, 0.25) is 0 Å². The average molecular weight is 420 g/mol. The fraction of sp³-hybridized carbons (Fsp3) is 0.0435. The standard InChI is InChI=1S/C23H15Cl2N3O/c24-15-10-11-17(19(25)13-15)22-27-21-18(12-14-6-4-5-9-20(14)26-21)23(29)28(22)16-7-2-1-3-8-16/h1-13,22H,(H,26,27)/t22-/m0/s1.